The zero-order valence-corrected chi connectivity index (χ0v) is 10.2. The zero-order valence-electron chi connectivity index (χ0n) is 9.34. The van der Waals surface area contributed by atoms with Crippen molar-refractivity contribution in [2.75, 3.05) is 25.2 Å². The fourth-order valence-corrected chi connectivity index (χ4v) is 1.39. The molecular weight excluding hydrogens is 198 g/mol. The summed E-state index contributed by atoms with van der Waals surface area (Å²) in [5, 5.41) is 2.82. The Kier molecular flexibility index (Phi) is 9.19. The molecule has 0 aliphatic rings. The molecule has 0 atom stereocenters. The maximum Gasteiger partial charge on any atom is 0.246 e. The van der Waals surface area contributed by atoms with Crippen molar-refractivity contribution in [3.63, 3.8) is 0 Å². The van der Waals surface area contributed by atoms with Gasteiger partial charge >= 0.3 is 0 Å². The predicted octanol–water partition coefficient (Wildman–Crippen LogP) is 1.67. The first-order valence-corrected chi connectivity index (χ1v) is 6.43. The summed E-state index contributed by atoms with van der Waals surface area (Å²) in [4.78, 5) is 11.1. The molecule has 0 radical (unpaired) electrons. The van der Waals surface area contributed by atoms with Crippen molar-refractivity contribution >= 4 is 17.7 Å². The normalized spacial score (nSPS) is 10.6. The van der Waals surface area contributed by atoms with Crippen LogP contribution in [0.3, 0.4) is 0 Å². The van der Waals surface area contributed by atoms with Gasteiger partial charge in [-0.25, -0.2) is 0 Å². The Hall–Kier alpha value is -0.220. The number of ether oxygens (including phenoxy) is 1. The van der Waals surface area contributed by atoms with E-state index in [1.807, 2.05) is 25.6 Å². The lowest BCUT2D eigenvalue weighted by molar-refractivity contribution is -0.127. The molecule has 0 bridgehead atoms. The van der Waals surface area contributed by atoms with Crippen LogP contribution in [0.15, 0.2) is 0 Å². The zero-order chi connectivity index (χ0) is 10.8. The largest absolute Gasteiger partial charge is 0.369 e. The van der Waals surface area contributed by atoms with Crippen molar-refractivity contribution in [2.24, 2.45) is 0 Å². The van der Waals surface area contributed by atoms with Crippen molar-refractivity contribution in [1.29, 1.82) is 0 Å². The fourth-order valence-electron chi connectivity index (χ4n) is 0.893. The molecule has 0 fully saturated rings. The van der Waals surface area contributed by atoms with Gasteiger partial charge in [0.2, 0.25) is 5.91 Å². The van der Waals surface area contributed by atoms with E-state index in [-0.39, 0.29) is 18.6 Å². The number of hydrogen-bond acceptors (Lipinski definition) is 3. The van der Waals surface area contributed by atoms with Gasteiger partial charge in [-0.15, -0.1) is 0 Å². The Bertz CT molecular complexity index is 151. The lowest BCUT2D eigenvalue weighted by atomic mass is 10.3. The molecule has 0 saturated heterocycles. The van der Waals surface area contributed by atoms with Crippen LogP contribution >= 0.6 is 11.8 Å². The van der Waals surface area contributed by atoms with Gasteiger partial charge in [0, 0.05) is 6.54 Å². The van der Waals surface area contributed by atoms with E-state index < -0.39 is 0 Å². The van der Waals surface area contributed by atoms with Gasteiger partial charge in [-0.05, 0) is 38.7 Å². The molecule has 3 nitrogen and oxygen atoms in total. The van der Waals surface area contributed by atoms with Crippen LogP contribution in [-0.2, 0) is 9.53 Å². The van der Waals surface area contributed by atoms with Crippen molar-refractivity contribution in [2.45, 2.75) is 32.8 Å². The Morgan fingerprint density at radius 1 is 1.43 bits per heavy atom. The summed E-state index contributed by atoms with van der Waals surface area (Å²) in [6.45, 7) is 4.79. The summed E-state index contributed by atoms with van der Waals surface area (Å²) in [5.74, 6) is 1.15. The van der Waals surface area contributed by atoms with Gasteiger partial charge in [0.25, 0.3) is 0 Å². The average Bonchev–Trinajstić information content (AvgIpc) is 2.14. The van der Waals surface area contributed by atoms with Gasteiger partial charge in [0.15, 0.2) is 0 Å². The standard InChI is InChI=1S/C10H21NO2S/c1-9(2)13-8-10(12)11-6-4-5-7-14-3/h9H,4-8H2,1-3H3,(H,11,12). The van der Waals surface area contributed by atoms with Crippen LogP contribution in [-0.4, -0.2) is 37.2 Å². The van der Waals surface area contributed by atoms with Gasteiger partial charge in [-0.1, -0.05) is 0 Å². The van der Waals surface area contributed by atoms with E-state index in [2.05, 4.69) is 11.6 Å². The van der Waals surface area contributed by atoms with Crippen LogP contribution in [0.2, 0.25) is 0 Å². The van der Waals surface area contributed by atoms with E-state index in [1.54, 1.807) is 0 Å². The van der Waals surface area contributed by atoms with Crippen LogP contribution in [0.1, 0.15) is 26.7 Å². The highest BCUT2D eigenvalue weighted by molar-refractivity contribution is 7.98. The second-order valence-corrected chi connectivity index (χ2v) is 4.40. The topological polar surface area (TPSA) is 38.3 Å². The highest BCUT2D eigenvalue weighted by atomic mass is 32.2. The molecule has 0 spiro atoms. The molecule has 0 unspecified atom stereocenters. The summed E-state index contributed by atoms with van der Waals surface area (Å²) >= 11 is 1.84. The first-order chi connectivity index (χ1) is 6.66. The van der Waals surface area contributed by atoms with Crippen molar-refractivity contribution in [1.82, 2.24) is 5.32 Å². The second-order valence-electron chi connectivity index (χ2n) is 3.41. The molecule has 0 aliphatic heterocycles. The molecular formula is C10H21NO2S. The Morgan fingerprint density at radius 3 is 2.71 bits per heavy atom. The van der Waals surface area contributed by atoms with E-state index in [0.717, 1.165) is 19.4 Å². The molecule has 0 rings (SSSR count). The van der Waals surface area contributed by atoms with Gasteiger partial charge in [0.1, 0.15) is 6.61 Å². The van der Waals surface area contributed by atoms with Gasteiger partial charge in [-0.2, -0.15) is 11.8 Å². The Morgan fingerprint density at radius 2 is 2.14 bits per heavy atom. The van der Waals surface area contributed by atoms with E-state index in [0.29, 0.717) is 0 Å². The van der Waals surface area contributed by atoms with Crippen LogP contribution in [0.5, 0.6) is 0 Å². The summed E-state index contributed by atoms with van der Waals surface area (Å²) in [6, 6.07) is 0. The second kappa shape index (κ2) is 9.34. The smallest absolute Gasteiger partial charge is 0.246 e. The van der Waals surface area contributed by atoms with Crippen LogP contribution in [0.4, 0.5) is 0 Å². The average molecular weight is 219 g/mol. The monoisotopic (exact) mass is 219 g/mol. The number of nitrogens with one attached hydrogen (secondary N) is 1. The van der Waals surface area contributed by atoms with E-state index >= 15 is 0 Å². The van der Waals surface area contributed by atoms with Crippen LogP contribution < -0.4 is 5.32 Å². The maximum atomic E-state index is 11.1. The third kappa shape index (κ3) is 9.86. The molecule has 0 aliphatic carbocycles. The number of hydrogen-bond donors (Lipinski definition) is 1. The minimum absolute atomic E-state index is 0.0112. The number of unbranched alkanes of at least 4 members (excludes halogenated alkanes) is 1. The quantitative estimate of drug-likeness (QED) is 0.631. The molecule has 0 heterocycles. The van der Waals surface area contributed by atoms with Gasteiger partial charge < -0.3 is 10.1 Å². The van der Waals surface area contributed by atoms with Crippen molar-refractivity contribution < 1.29 is 9.53 Å². The number of carbonyl (C=O) groups excluding carboxylic acids is 1. The molecule has 84 valence electrons. The molecule has 0 saturated carbocycles. The summed E-state index contributed by atoms with van der Waals surface area (Å²) in [5.41, 5.74) is 0. The van der Waals surface area contributed by atoms with Gasteiger partial charge in [0.05, 0.1) is 6.10 Å². The molecule has 0 aromatic heterocycles. The van der Waals surface area contributed by atoms with Crippen LogP contribution in [0.25, 0.3) is 0 Å². The minimum Gasteiger partial charge on any atom is -0.369 e. The fraction of sp³-hybridized carbons (Fsp3) is 0.900. The Balaban J connectivity index is 3.18. The highest BCUT2D eigenvalue weighted by Gasteiger charge is 2.01. The molecule has 1 N–H and O–H groups in total. The highest BCUT2D eigenvalue weighted by Crippen LogP contribution is 1.97. The molecule has 1 amide bonds. The van der Waals surface area contributed by atoms with Crippen molar-refractivity contribution in [3.8, 4) is 0 Å². The third-order valence-corrected chi connectivity index (χ3v) is 2.34. The molecule has 0 aromatic carbocycles. The van der Waals surface area contributed by atoms with Crippen LogP contribution in [0, 0.1) is 0 Å². The number of amides is 1. The van der Waals surface area contributed by atoms with E-state index in [4.69, 9.17) is 4.74 Å². The number of thioether (sulfide) groups is 1. The van der Waals surface area contributed by atoms with Gasteiger partial charge in [-0.3, -0.25) is 4.79 Å². The van der Waals surface area contributed by atoms with E-state index in [1.165, 1.54) is 5.75 Å². The third-order valence-electron chi connectivity index (χ3n) is 1.65. The lowest BCUT2D eigenvalue weighted by Crippen LogP contribution is -2.29. The Labute approximate surface area is 91.0 Å². The SMILES string of the molecule is CSCCCCNC(=O)COC(C)C. The summed E-state index contributed by atoms with van der Waals surface area (Å²) < 4.78 is 5.17. The molecule has 0 aromatic rings. The van der Waals surface area contributed by atoms with Crippen molar-refractivity contribution in [3.05, 3.63) is 0 Å². The first kappa shape index (κ1) is 13.8. The predicted molar refractivity (Wildman–Crippen MR) is 61.7 cm³/mol. The number of rotatable bonds is 8. The minimum atomic E-state index is -0.0112. The summed E-state index contributed by atoms with van der Waals surface area (Å²) in [6.07, 6.45) is 4.42. The summed E-state index contributed by atoms with van der Waals surface area (Å²) in [7, 11) is 0. The molecule has 14 heavy (non-hydrogen) atoms. The first-order valence-electron chi connectivity index (χ1n) is 5.04. The van der Waals surface area contributed by atoms with E-state index in [9.17, 15) is 4.79 Å². The molecule has 4 heteroatoms. The lowest BCUT2D eigenvalue weighted by Gasteiger charge is -2.07. The number of carbonyl (C=O) groups is 1. The maximum absolute atomic E-state index is 11.1.